The van der Waals surface area contributed by atoms with Crippen LogP contribution >= 0.6 is 0 Å². The molecule has 2 rings (SSSR count). The van der Waals surface area contributed by atoms with E-state index in [2.05, 4.69) is 4.98 Å². The Labute approximate surface area is 147 Å². The van der Waals surface area contributed by atoms with Crippen LogP contribution in [0.5, 0.6) is 11.5 Å². The van der Waals surface area contributed by atoms with Crippen molar-refractivity contribution in [2.75, 3.05) is 27.4 Å². The zero-order valence-electron chi connectivity index (χ0n) is 14.1. The Kier molecular flexibility index (Phi) is 6.28. The van der Waals surface area contributed by atoms with Gasteiger partial charge in [-0.05, 0) is 23.8 Å². The summed E-state index contributed by atoms with van der Waals surface area (Å²) in [6.45, 7) is 0.770. The standard InChI is InChI=1S/C16H17N3O7/c1-24-7-8-26-12-6-4-10(9-13(12)25-2)3-5-11-14(19(22)23)15(20)18-16(21)17-11/h3-6,9H,7-8H2,1-2H3,(H2,17,18,20,21). The van der Waals surface area contributed by atoms with Crippen LogP contribution in [0.15, 0.2) is 27.8 Å². The topological polar surface area (TPSA) is 137 Å². The molecule has 0 fully saturated rings. The molecule has 0 spiro atoms. The van der Waals surface area contributed by atoms with Crippen molar-refractivity contribution in [3.8, 4) is 11.5 Å². The monoisotopic (exact) mass is 363 g/mol. The quantitative estimate of drug-likeness (QED) is 0.408. The van der Waals surface area contributed by atoms with Gasteiger partial charge in [0.2, 0.25) is 0 Å². The van der Waals surface area contributed by atoms with Gasteiger partial charge in [0.05, 0.1) is 18.6 Å². The molecule has 0 amide bonds. The van der Waals surface area contributed by atoms with E-state index in [9.17, 15) is 19.7 Å². The van der Waals surface area contributed by atoms with E-state index >= 15 is 0 Å². The molecule has 2 N–H and O–H groups in total. The van der Waals surface area contributed by atoms with Gasteiger partial charge in [0, 0.05) is 7.11 Å². The summed E-state index contributed by atoms with van der Waals surface area (Å²) in [6, 6.07) is 5.01. The Balaban J connectivity index is 2.33. The maximum Gasteiger partial charge on any atom is 0.357 e. The van der Waals surface area contributed by atoms with Crippen LogP contribution < -0.4 is 20.7 Å². The molecule has 2 aromatic rings. The van der Waals surface area contributed by atoms with Gasteiger partial charge in [0.15, 0.2) is 11.5 Å². The molecule has 0 aliphatic carbocycles. The minimum atomic E-state index is -1.07. The van der Waals surface area contributed by atoms with Gasteiger partial charge in [-0.15, -0.1) is 0 Å². The van der Waals surface area contributed by atoms with Gasteiger partial charge in [-0.1, -0.05) is 12.1 Å². The molecule has 0 aliphatic heterocycles. The number of nitrogens with zero attached hydrogens (tertiary/aromatic N) is 1. The first-order valence-corrected chi connectivity index (χ1v) is 7.45. The van der Waals surface area contributed by atoms with Crippen LogP contribution in [0.25, 0.3) is 12.2 Å². The van der Waals surface area contributed by atoms with Gasteiger partial charge in [-0.25, -0.2) is 4.79 Å². The summed E-state index contributed by atoms with van der Waals surface area (Å²) in [4.78, 5) is 37.2. The van der Waals surface area contributed by atoms with Gasteiger partial charge in [-0.3, -0.25) is 19.9 Å². The fraction of sp³-hybridized carbons (Fsp3) is 0.250. The predicted octanol–water partition coefficient (Wildman–Crippen LogP) is 1.18. The lowest BCUT2D eigenvalue weighted by Crippen LogP contribution is -2.25. The number of aromatic nitrogens is 2. The third-order valence-corrected chi connectivity index (χ3v) is 3.30. The third-order valence-electron chi connectivity index (χ3n) is 3.30. The molecule has 10 heteroatoms. The highest BCUT2D eigenvalue weighted by Crippen LogP contribution is 2.28. The molecule has 10 nitrogen and oxygen atoms in total. The van der Waals surface area contributed by atoms with Crippen molar-refractivity contribution in [1.29, 1.82) is 0 Å². The van der Waals surface area contributed by atoms with Crippen molar-refractivity contribution in [3.63, 3.8) is 0 Å². The summed E-state index contributed by atoms with van der Waals surface area (Å²) in [5.74, 6) is 0.967. The third kappa shape index (κ3) is 4.57. The van der Waals surface area contributed by atoms with E-state index < -0.39 is 21.9 Å². The van der Waals surface area contributed by atoms with E-state index in [0.29, 0.717) is 30.3 Å². The second-order valence-corrected chi connectivity index (χ2v) is 5.01. The molecule has 0 unspecified atom stereocenters. The highest BCUT2D eigenvalue weighted by Gasteiger charge is 2.18. The van der Waals surface area contributed by atoms with Crippen LogP contribution in [0, 0.1) is 10.1 Å². The molecular weight excluding hydrogens is 346 g/mol. The van der Waals surface area contributed by atoms with Gasteiger partial charge in [0.1, 0.15) is 12.3 Å². The second kappa shape index (κ2) is 8.62. The van der Waals surface area contributed by atoms with E-state index in [-0.39, 0.29) is 5.69 Å². The number of aromatic amines is 2. The molecule has 0 saturated carbocycles. The molecule has 0 bridgehead atoms. The Morgan fingerprint density at radius 1 is 1.12 bits per heavy atom. The average Bonchev–Trinajstić information content (AvgIpc) is 2.59. The normalized spacial score (nSPS) is 10.8. The van der Waals surface area contributed by atoms with Gasteiger partial charge in [0.25, 0.3) is 0 Å². The fourth-order valence-electron chi connectivity index (χ4n) is 2.12. The number of nitro groups is 1. The van der Waals surface area contributed by atoms with Crippen molar-refractivity contribution < 1.29 is 19.1 Å². The molecule has 0 radical (unpaired) electrons. The minimum Gasteiger partial charge on any atom is -0.493 e. The van der Waals surface area contributed by atoms with Crippen molar-refractivity contribution in [2.24, 2.45) is 0 Å². The van der Waals surface area contributed by atoms with E-state index in [1.807, 2.05) is 4.98 Å². The largest absolute Gasteiger partial charge is 0.493 e. The molecule has 1 aromatic carbocycles. The number of benzene rings is 1. The lowest BCUT2D eigenvalue weighted by atomic mass is 10.1. The van der Waals surface area contributed by atoms with Crippen LogP contribution in [0.3, 0.4) is 0 Å². The second-order valence-electron chi connectivity index (χ2n) is 5.01. The number of nitrogens with one attached hydrogen (secondary N) is 2. The number of ether oxygens (including phenoxy) is 3. The van der Waals surface area contributed by atoms with Gasteiger partial charge in [-0.2, -0.15) is 0 Å². The van der Waals surface area contributed by atoms with Crippen molar-refractivity contribution in [1.82, 2.24) is 9.97 Å². The number of hydrogen-bond donors (Lipinski definition) is 2. The van der Waals surface area contributed by atoms with Gasteiger partial charge < -0.3 is 19.2 Å². The van der Waals surface area contributed by atoms with Crippen LogP contribution in [-0.2, 0) is 4.74 Å². The molecule has 26 heavy (non-hydrogen) atoms. The van der Waals surface area contributed by atoms with Crippen molar-refractivity contribution in [2.45, 2.75) is 0 Å². The Hall–Kier alpha value is -3.40. The first-order valence-electron chi connectivity index (χ1n) is 7.45. The molecule has 0 atom stereocenters. The average molecular weight is 363 g/mol. The lowest BCUT2D eigenvalue weighted by Gasteiger charge is -2.10. The van der Waals surface area contributed by atoms with E-state index in [0.717, 1.165) is 0 Å². The number of methoxy groups -OCH3 is 2. The summed E-state index contributed by atoms with van der Waals surface area (Å²) >= 11 is 0. The van der Waals surface area contributed by atoms with Crippen molar-refractivity contribution in [3.05, 3.63) is 60.4 Å². The fourth-order valence-corrected chi connectivity index (χ4v) is 2.12. The van der Waals surface area contributed by atoms with E-state index in [4.69, 9.17) is 14.2 Å². The van der Waals surface area contributed by atoms with E-state index in [1.165, 1.54) is 19.3 Å². The predicted molar refractivity (Wildman–Crippen MR) is 93.6 cm³/mol. The van der Waals surface area contributed by atoms with Crippen LogP contribution in [0.1, 0.15) is 11.3 Å². The first kappa shape index (κ1) is 18.9. The van der Waals surface area contributed by atoms with E-state index in [1.54, 1.807) is 25.3 Å². The highest BCUT2D eigenvalue weighted by atomic mass is 16.6. The molecule has 1 aromatic heterocycles. The maximum absolute atomic E-state index is 11.6. The molecule has 0 saturated heterocycles. The Bertz CT molecular complexity index is 930. The Morgan fingerprint density at radius 2 is 1.88 bits per heavy atom. The number of hydrogen-bond acceptors (Lipinski definition) is 7. The summed E-state index contributed by atoms with van der Waals surface area (Å²) in [5, 5.41) is 11.0. The summed E-state index contributed by atoms with van der Waals surface area (Å²) in [7, 11) is 3.04. The smallest absolute Gasteiger partial charge is 0.357 e. The molecule has 0 aliphatic rings. The maximum atomic E-state index is 11.6. The summed E-state index contributed by atoms with van der Waals surface area (Å²) in [6.07, 6.45) is 2.77. The lowest BCUT2D eigenvalue weighted by molar-refractivity contribution is -0.386. The SMILES string of the molecule is COCCOc1ccc(C=Cc2[nH]c(=O)[nH]c(=O)c2[N+](=O)[O-])cc1OC. The molecule has 1 heterocycles. The zero-order chi connectivity index (χ0) is 19.1. The van der Waals surface area contributed by atoms with Crippen LogP contribution in [-0.4, -0.2) is 42.3 Å². The highest BCUT2D eigenvalue weighted by molar-refractivity contribution is 5.72. The molecular formula is C16H17N3O7. The molecule has 138 valence electrons. The Morgan fingerprint density at radius 3 is 2.54 bits per heavy atom. The van der Waals surface area contributed by atoms with Crippen LogP contribution in [0.2, 0.25) is 0 Å². The zero-order valence-corrected chi connectivity index (χ0v) is 14.1. The van der Waals surface area contributed by atoms with Crippen LogP contribution in [0.4, 0.5) is 5.69 Å². The van der Waals surface area contributed by atoms with Crippen molar-refractivity contribution >= 4 is 17.8 Å². The first-order chi connectivity index (χ1) is 12.5. The van der Waals surface area contributed by atoms with Gasteiger partial charge >= 0.3 is 16.9 Å². The summed E-state index contributed by atoms with van der Waals surface area (Å²) in [5.41, 5.74) is -2.23. The number of rotatable bonds is 8. The number of H-pyrrole nitrogens is 2. The minimum absolute atomic E-state index is 0.205. The summed E-state index contributed by atoms with van der Waals surface area (Å²) < 4.78 is 15.7.